The number of piperazine rings is 1. The molecule has 224 valence electrons. The standard InChI is InChI=1S/C30H35FN10O2/c1-5-40-27(42)17-39(20(4)22-6-7-26(32-14-22)41-16-23(31)15-33-41)29(43)30(40)10-8-21(9-11-30)28-34-18(2)12-24(36-28)35-25-13-19(3)37-38-25/h6-7,12-16,20-21H,5,8-11,17H2,1-4H3,(H2,34,35,36,37,38)/t20-,21-,30+/m0/s1. The monoisotopic (exact) mass is 586 g/mol. The second kappa shape index (κ2) is 11.2. The fourth-order valence-electron chi connectivity index (χ4n) is 6.39. The quantitative estimate of drug-likeness (QED) is 0.330. The zero-order valence-corrected chi connectivity index (χ0v) is 24.7. The Balaban J connectivity index is 1.20. The Bertz CT molecular complexity index is 1640. The van der Waals surface area contributed by atoms with E-state index in [2.05, 4.69) is 25.6 Å². The Morgan fingerprint density at radius 2 is 1.91 bits per heavy atom. The number of likely N-dealkylation sites (N-methyl/N-ethyl adjacent to an activating group) is 1. The lowest BCUT2D eigenvalue weighted by atomic mass is 9.73. The van der Waals surface area contributed by atoms with E-state index in [4.69, 9.17) is 9.97 Å². The first kappa shape index (κ1) is 28.4. The maximum Gasteiger partial charge on any atom is 0.249 e. The van der Waals surface area contributed by atoms with Crippen molar-refractivity contribution in [3.8, 4) is 5.82 Å². The first-order chi connectivity index (χ1) is 20.7. The molecule has 43 heavy (non-hydrogen) atoms. The largest absolute Gasteiger partial charge is 0.327 e. The molecule has 1 aliphatic carbocycles. The number of aromatic nitrogens is 7. The molecule has 2 aliphatic rings. The van der Waals surface area contributed by atoms with Gasteiger partial charge >= 0.3 is 0 Å². The molecule has 6 rings (SSSR count). The summed E-state index contributed by atoms with van der Waals surface area (Å²) in [6.45, 7) is 8.18. The number of halogens is 1. The van der Waals surface area contributed by atoms with Crippen molar-refractivity contribution in [3.63, 3.8) is 0 Å². The molecule has 1 saturated carbocycles. The fourth-order valence-corrected chi connectivity index (χ4v) is 6.39. The molecular weight excluding hydrogens is 551 g/mol. The third-order valence-corrected chi connectivity index (χ3v) is 8.62. The molecule has 2 N–H and O–H groups in total. The highest BCUT2D eigenvalue weighted by molar-refractivity contribution is 5.98. The predicted octanol–water partition coefficient (Wildman–Crippen LogP) is 4.13. The van der Waals surface area contributed by atoms with E-state index >= 15 is 0 Å². The number of aryl methyl sites for hydroxylation is 2. The van der Waals surface area contributed by atoms with Gasteiger partial charge in [-0.3, -0.25) is 14.7 Å². The van der Waals surface area contributed by atoms with Gasteiger partial charge in [0, 0.05) is 42.2 Å². The number of hydrogen-bond donors (Lipinski definition) is 2. The molecular formula is C30H35FN10O2. The van der Waals surface area contributed by atoms with Crippen LogP contribution in [0.4, 0.5) is 16.0 Å². The van der Waals surface area contributed by atoms with Crippen LogP contribution in [0.25, 0.3) is 5.82 Å². The van der Waals surface area contributed by atoms with Crippen LogP contribution in [-0.4, -0.2) is 75.2 Å². The highest BCUT2D eigenvalue weighted by atomic mass is 19.1. The molecule has 0 radical (unpaired) electrons. The van der Waals surface area contributed by atoms with Gasteiger partial charge in [-0.25, -0.2) is 24.0 Å². The zero-order valence-electron chi connectivity index (χ0n) is 24.7. The maximum absolute atomic E-state index is 14.3. The van der Waals surface area contributed by atoms with Crippen LogP contribution in [0.1, 0.15) is 74.3 Å². The Morgan fingerprint density at radius 1 is 1.12 bits per heavy atom. The van der Waals surface area contributed by atoms with Gasteiger partial charge in [-0.05, 0) is 65.0 Å². The Kier molecular flexibility index (Phi) is 7.40. The smallest absolute Gasteiger partial charge is 0.249 e. The van der Waals surface area contributed by atoms with Crippen LogP contribution < -0.4 is 5.32 Å². The van der Waals surface area contributed by atoms with Crippen LogP contribution in [0.3, 0.4) is 0 Å². The van der Waals surface area contributed by atoms with Gasteiger partial charge in [0.05, 0.1) is 18.4 Å². The minimum absolute atomic E-state index is 0.00776. The zero-order chi connectivity index (χ0) is 30.3. The lowest BCUT2D eigenvalue weighted by Gasteiger charge is -2.52. The molecule has 13 heteroatoms. The summed E-state index contributed by atoms with van der Waals surface area (Å²) in [5, 5.41) is 14.4. The summed E-state index contributed by atoms with van der Waals surface area (Å²) >= 11 is 0. The molecule has 0 bridgehead atoms. The second-order valence-corrected chi connectivity index (χ2v) is 11.4. The van der Waals surface area contributed by atoms with E-state index in [1.54, 1.807) is 22.1 Å². The van der Waals surface area contributed by atoms with Gasteiger partial charge in [-0.1, -0.05) is 6.07 Å². The van der Waals surface area contributed by atoms with E-state index in [9.17, 15) is 14.0 Å². The normalized spacial score (nSPS) is 21.5. The Morgan fingerprint density at radius 3 is 2.53 bits per heavy atom. The van der Waals surface area contributed by atoms with Crippen LogP contribution >= 0.6 is 0 Å². The number of rotatable bonds is 7. The number of aromatic amines is 1. The minimum Gasteiger partial charge on any atom is -0.327 e. The van der Waals surface area contributed by atoms with Crippen molar-refractivity contribution >= 4 is 23.5 Å². The highest BCUT2D eigenvalue weighted by Gasteiger charge is 2.54. The number of amides is 2. The minimum atomic E-state index is -0.910. The summed E-state index contributed by atoms with van der Waals surface area (Å²) in [7, 11) is 0. The molecule has 2 amide bonds. The molecule has 5 heterocycles. The van der Waals surface area contributed by atoms with Gasteiger partial charge in [0.25, 0.3) is 0 Å². The van der Waals surface area contributed by atoms with E-state index in [0.717, 1.165) is 29.0 Å². The van der Waals surface area contributed by atoms with E-state index in [0.29, 0.717) is 49.7 Å². The number of nitrogens with one attached hydrogen (secondary N) is 2. The van der Waals surface area contributed by atoms with Gasteiger partial charge in [-0.2, -0.15) is 10.2 Å². The number of carbonyl (C=O) groups excluding carboxylic acids is 2. The van der Waals surface area contributed by atoms with E-state index in [1.807, 2.05) is 45.9 Å². The number of carbonyl (C=O) groups is 2. The summed E-state index contributed by atoms with van der Waals surface area (Å²) in [6.07, 6.45) is 6.43. The fraction of sp³-hybridized carbons (Fsp3) is 0.433. The molecule has 2 fully saturated rings. The number of nitrogens with zero attached hydrogens (tertiary/aromatic N) is 8. The van der Waals surface area contributed by atoms with Crippen LogP contribution in [-0.2, 0) is 9.59 Å². The highest BCUT2D eigenvalue weighted by Crippen LogP contribution is 2.44. The summed E-state index contributed by atoms with van der Waals surface area (Å²) in [6, 6.07) is 6.98. The molecule has 1 spiro atoms. The lowest BCUT2D eigenvalue weighted by Crippen LogP contribution is -2.69. The summed E-state index contributed by atoms with van der Waals surface area (Å²) in [5.74, 6) is 2.06. The van der Waals surface area contributed by atoms with Gasteiger partial charge in [-0.15, -0.1) is 0 Å². The second-order valence-electron chi connectivity index (χ2n) is 11.4. The Labute approximate surface area is 248 Å². The molecule has 0 unspecified atom stereocenters. The van der Waals surface area contributed by atoms with Gasteiger partial charge < -0.3 is 15.1 Å². The third kappa shape index (κ3) is 5.35. The average molecular weight is 587 g/mol. The molecule has 0 aromatic carbocycles. The first-order valence-corrected chi connectivity index (χ1v) is 14.6. The molecule has 4 aromatic rings. The van der Waals surface area contributed by atoms with Crippen LogP contribution in [0.15, 0.2) is 42.9 Å². The van der Waals surface area contributed by atoms with Gasteiger partial charge in [0.2, 0.25) is 11.8 Å². The summed E-state index contributed by atoms with van der Waals surface area (Å²) < 4.78 is 14.8. The number of hydrogen-bond acceptors (Lipinski definition) is 8. The van der Waals surface area contributed by atoms with Gasteiger partial charge in [0.1, 0.15) is 23.7 Å². The first-order valence-electron chi connectivity index (χ1n) is 14.6. The molecule has 1 atom stereocenters. The summed E-state index contributed by atoms with van der Waals surface area (Å²) in [4.78, 5) is 45.2. The maximum atomic E-state index is 14.3. The number of H-pyrrole nitrogens is 1. The molecule has 1 aliphatic heterocycles. The lowest BCUT2D eigenvalue weighted by molar-refractivity contribution is -0.170. The SMILES string of the molecule is CCN1C(=O)CN([C@@H](C)c2ccc(-n3cc(F)cn3)nc2)C(=O)[C@]12CC[C@H](c1nc(C)cc(Nc3cc(C)[nH]n3)n1)CC2. The van der Waals surface area contributed by atoms with Crippen molar-refractivity contribution in [2.75, 3.05) is 18.4 Å². The van der Waals surface area contributed by atoms with Gasteiger partial charge in [0.15, 0.2) is 17.5 Å². The average Bonchev–Trinajstić information content (AvgIpc) is 3.62. The van der Waals surface area contributed by atoms with Crippen molar-refractivity contribution in [2.24, 2.45) is 0 Å². The molecule has 12 nitrogen and oxygen atoms in total. The molecule has 1 saturated heterocycles. The van der Waals surface area contributed by atoms with Crippen LogP contribution in [0, 0.1) is 19.7 Å². The topological polar surface area (TPSA) is 138 Å². The molecule has 4 aromatic heterocycles. The van der Waals surface area contributed by atoms with Crippen molar-refractivity contribution in [1.29, 1.82) is 0 Å². The number of anilines is 2. The van der Waals surface area contributed by atoms with E-state index in [1.165, 1.54) is 10.9 Å². The summed E-state index contributed by atoms with van der Waals surface area (Å²) in [5.41, 5.74) is 1.66. The van der Waals surface area contributed by atoms with E-state index < -0.39 is 11.4 Å². The van der Waals surface area contributed by atoms with Crippen LogP contribution in [0.2, 0.25) is 0 Å². The van der Waals surface area contributed by atoms with Crippen molar-refractivity contribution in [2.45, 2.75) is 70.9 Å². The number of pyridine rings is 1. The van der Waals surface area contributed by atoms with E-state index in [-0.39, 0.29) is 30.3 Å². The Hall–Kier alpha value is -4.68. The third-order valence-electron chi connectivity index (χ3n) is 8.62. The van der Waals surface area contributed by atoms with Crippen LogP contribution in [0.5, 0.6) is 0 Å². The van der Waals surface area contributed by atoms with Crippen molar-refractivity contribution in [3.05, 3.63) is 71.4 Å². The predicted molar refractivity (Wildman–Crippen MR) is 156 cm³/mol. The van der Waals surface area contributed by atoms with Crippen molar-refractivity contribution in [1.82, 2.24) is 44.7 Å². The van der Waals surface area contributed by atoms with Crippen molar-refractivity contribution < 1.29 is 14.0 Å².